The summed E-state index contributed by atoms with van der Waals surface area (Å²) in [4.78, 5) is 26.0. The molecule has 0 radical (unpaired) electrons. The molecule has 0 unspecified atom stereocenters. The van der Waals surface area contributed by atoms with Gasteiger partial charge in [0.1, 0.15) is 11.4 Å². The largest absolute Gasteiger partial charge is 0.325 e. The van der Waals surface area contributed by atoms with Crippen molar-refractivity contribution in [1.29, 1.82) is 0 Å². The van der Waals surface area contributed by atoms with E-state index in [1.165, 1.54) is 17.0 Å². The van der Waals surface area contributed by atoms with E-state index in [1.807, 2.05) is 0 Å². The van der Waals surface area contributed by atoms with Crippen LogP contribution in [0.15, 0.2) is 24.3 Å². The van der Waals surface area contributed by atoms with Crippen LogP contribution in [0.25, 0.3) is 0 Å². The van der Waals surface area contributed by atoms with Crippen molar-refractivity contribution >= 4 is 11.9 Å². The monoisotopic (exact) mass is 290 g/mol. The molecule has 3 rings (SSSR count). The SMILES string of the molecule is CC1CCC2(CC1)NC(=O)N(Cc1cccc(F)c1)C2=O. The fourth-order valence-corrected chi connectivity index (χ4v) is 3.23. The summed E-state index contributed by atoms with van der Waals surface area (Å²) in [6.45, 7) is 2.29. The summed E-state index contributed by atoms with van der Waals surface area (Å²) in [5, 5.41) is 2.87. The van der Waals surface area contributed by atoms with E-state index in [9.17, 15) is 14.0 Å². The van der Waals surface area contributed by atoms with E-state index in [2.05, 4.69) is 12.2 Å². The number of hydrogen-bond donors (Lipinski definition) is 1. The lowest BCUT2D eigenvalue weighted by Gasteiger charge is -2.33. The summed E-state index contributed by atoms with van der Waals surface area (Å²) in [5.74, 6) is 0.0713. The van der Waals surface area contributed by atoms with E-state index in [0.29, 0.717) is 24.3 Å². The standard InChI is InChI=1S/C16H19FN2O2/c1-11-5-7-16(8-6-11)14(20)19(15(21)18-16)10-12-3-2-4-13(17)9-12/h2-4,9,11H,5-8,10H2,1H3,(H,18,21). The summed E-state index contributed by atoms with van der Waals surface area (Å²) in [6.07, 6.45) is 3.27. The van der Waals surface area contributed by atoms with Gasteiger partial charge in [-0.1, -0.05) is 19.1 Å². The van der Waals surface area contributed by atoms with Crippen molar-refractivity contribution in [3.8, 4) is 0 Å². The normalized spacial score (nSPS) is 29.0. The van der Waals surface area contributed by atoms with Crippen LogP contribution in [0.5, 0.6) is 0 Å². The lowest BCUT2D eigenvalue weighted by Crippen LogP contribution is -2.49. The number of carbonyl (C=O) groups excluding carboxylic acids is 2. The predicted molar refractivity (Wildman–Crippen MR) is 75.8 cm³/mol. The van der Waals surface area contributed by atoms with Gasteiger partial charge >= 0.3 is 6.03 Å². The maximum atomic E-state index is 13.2. The lowest BCUT2D eigenvalue weighted by molar-refractivity contribution is -0.133. The zero-order valence-corrected chi connectivity index (χ0v) is 12.1. The van der Waals surface area contributed by atoms with Crippen LogP contribution in [0, 0.1) is 11.7 Å². The molecule has 1 spiro atoms. The molecule has 3 amide bonds. The van der Waals surface area contributed by atoms with Gasteiger partial charge in [-0.15, -0.1) is 0 Å². The van der Waals surface area contributed by atoms with E-state index in [0.717, 1.165) is 12.8 Å². The van der Waals surface area contributed by atoms with E-state index in [4.69, 9.17) is 0 Å². The van der Waals surface area contributed by atoms with Gasteiger partial charge in [-0.3, -0.25) is 9.69 Å². The van der Waals surface area contributed by atoms with E-state index in [-0.39, 0.29) is 24.3 Å². The molecule has 1 saturated carbocycles. The van der Waals surface area contributed by atoms with Crippen LogP contribution in [0.1, 0.15) is 38.2 Å². The summed E-state index contributed by atoms with van der Waals surface area (Å²) >= 11 is 0. The number of benzene rings is 1. The van der Waals surface area contributed by atoms with Crippen LogP contribution < -0.4 is 5.32 Å². The minimum absolute atomic E-state index is 0.125. The van der Waals surface area contributed by atoms with Gasteiger partial charge in [0.2, 0.25) is 0 Å². The molecule has 21 heavy (non-hydrogen) atoms. The zero-order chi connectivity index (χ0) is 15.0. The average molecular weight is 290 g/mol. The Morgan fingerprint density at radius 3 is 2.71 bits per heavy atom. The number of nitrogens with zero attached hydrogens (tertiary/aromatic N) is 1. The molecule has 1 saturated heterocycles. The predicted octanol–water partition coefficient (Wildman–Crippen LogP) is 2.83. The first-order valence-corrected chi connectivity index (χ1v) is 7.39. The second-order valence-electron chi connectivity index (χ2n) is 6.22. The van der Waals surface area contributed by atoms with E-state index in [1.54, 1.807) is 12.1 Å². The molecule has 0 aromatic heterocycles. The summed E-state index contributed by atoms with van der Waals surface area (Å²) in [5.41, 5.74) is -0.101. The molecule has 1 aromatic rings. The first kappa shape index (κ1) is 14.0. The topological polar surface area (TPSA) is 49.4 Å². The second kappa shape index (κ2) is 5.13. The second-order valence-corrected chi connectivity index (χ2v) is 6.22. The van der Waals surface area contributed by atoms with Crippen LogP contribution in [0.4, 0.5) is 9.18 Å². The third-order valence-corrected chi connectivity index (χ3v) is 4.60. The third kappa shape index (κ3) is 2.52. The van der Waals surface area contributed by atoms with Crippen molar-refractivity contribution in [2.75, 3.05) is 0 Å². The lowest BCUT2D eigenvalue weighted by atomic mass is 9.77. The number of nitrogens with one attached hydrogen (secondary N) is 1. The Morgan fingerprint density at radius 2 is 2.05 bits per heavy atom. The minimum atomic E-state index is -0.725. The van der Waals surface area contributed by atoms with Gasteiger partial charge in [0, 0.05) is 0 Å². The first-order chi connectivity index (χ1) is 10.00. The molecule has 4 nitrogen and oxygen atoms in total. The Labute approximate surface area is 123 Å². The molecule has 1 N–H and O–H groups in total. The van der Waals surface area contributed by atoms with Gasteiger partial charge < -0.3 is 5.32 Å². The molecule has 1 aliphatic heterocycles. The molecule has 0 atom stereocenters. The smallest absolute Gasteiger partial charge is 0.323 e. The van der Waals surface area contributed by atoms with Gasteiger partial charge in [0.25, 0.3) is 5.91 Å². The van der Waals surface area contributed by atoms with Crippen molar-refractivity contribution in [1.82, 2.24) is 10.2 Å². The number of carbonyl (C=O) groups is 2. The molecule has 1 heterocycles. The molecule has 2 fully saturated rings. The van der Waals surface area contributed by atoms with Crippen molar-refractivity contribution in [3.05, 3.63) is 35.6 Å². The van der Waals surface area contributed by atoms with Crippen LogP contribution in [-0.2, 0) is 11.3 Å². The maximum Gasteiger partial charge on any atom is 0.325 e. The molecular weight excluding hydrogens is 271 g/mol. The highest BCUT2D eigenvalue weighted by Gasteiger charge is 2.51. The van der Waals surface area contributed by atoms with Crippen molar-refractivity contribution in [2.45, 2.75) is 44.7 Å². The van der Waals surface area contributed by atoms with Gasteiger partial charge in [-0.2, -0.15) is 0 Å². The number of imide groups is 1. The molecule has 112 valence electrons. The molecule has 1 aromatic carbocycles. The van der Waals surface area contributed by atoms with Gasteiger partial charge in [-0.25, -0.2) is 9.18 Å². The fraction of sp³-hybridized carbons (Fsp3) is 0.500. The van der Waals surface area contributed by atoms with Crippen molar-refractivity contribution in [3.63, 3.8) is 0 Å². The summed E-state index contributed by atoms with van der Waals surface area (Å²) in [7, 11) is 0. The van der Waals surface area contributed by atoms with Gasteiger partial charge in [0.15, 0.2) is 0 Å². The number of urea groups is 1. The molecule has 5 heteroatoms. The Hall–Kier alpha value is -1.91. The highest BCUT2D eigenvalue weighted by atomic mass is 19.1. The third-order valence-electron chi connectivity index (χ3n) is 4.60. The van der Waals surface area contributed by atoms with Gasteiger partial charge in [0.05, 0.1) is 6.54 Å². The maximum absolute atomic E-state index is 13.2. The van der Waals surface area contributed by atoms with Crippen molar-refractivity contribution in [2.24, 2.45) is 5.92 Å². The quantitative estimate of drug-likeness (QED) is 0.851. The zero-order valence-electron chi connectivity index (χ0n) is 12.1. The molecule has 2 aliphatic rings. The summed E-state index contributed by atoms with van der Waals surface area (Å²) < 4.78 is 13.2. The van der Waals surface area contributed by atoms with Crippen LogP contribution in [0.3, 0.4) is 0 Å². The molecular formula is C16H19FN2O2. The average Bonchev–Trinajstić information content (AvgIpc) is 2.67. The van der Waals surface area contributed by atoms with Crippen LogP contribution in [-0.4, -0.2) is 22.4 Å². The Bertz CT molecular complexity index is 579. The highest BCUT2D eigenvalue weighted by Crippen LogP contribution is 2.36. The molecule has 1 aliphatic carbocycles. The number of halogens is 1. The first-order valence-electron chi connectivity index (χ1n) is 7.39. The van der Waals surface area contributed by atoms with E-state index >= 15 is 0 Å². The summed E-state index contributed by atoms with van der Waals surface area (Å²) in [6, 6.07) is 5.64. The Kier molecular flexibility index (Phi) is 3.43. The van der Waals surface area contributed by atoms with Crippen LogP contribution >= 0.6 is 0 Å². The van der Waals surface area contributed by atoms with Crippen LogP contribution in [0.2, 0.25) is 0 Å². The Morgan fingerprint density at radius 1 is 1.33 bits per heavy atom. The number of rotatable bonds is 2. The highest BCUT2D eigenvalue weighted by molar-refractivity contribution is 6.07. The van der Waals surface area contributed by atoms with Gasteiger partial charge in [-0.05, 0) is 49.3 Å². The number of amides is 3. The minimum Gasteiger partial charge on any atom is -0.323 e. The Balaban J connectivity index is 1.78. The fourth-order valence-electron chi connectivity index (χ4n) is 3.23. The van der Waals surface area contributed by atoms with Crippen molar-refractivity contribution < 1.29 is 14.0 Å². The van der Waals surface area contributed by atoms with E-state index < -0.39 is 5.54 Å². The number of hydrogen-bond acceptors (Lipinski definition) is 2. The molecule has 0 bridgehead atoms.